The van der Waals surface area contributed by atoms with Gasteiger partial charge in [-0.3, -0.25) is 29.5 Å². The highest BCUT2D eigenvalue weighted by molar-refractivity contribution is 8.13. The summed E-state index contributed by atoms with van der Waals surface area (Å²) in [5, 5.41) is 21.3. The number of phosphoric acid groups is 1. The third-order valence-electron chi connectivity index (χ3n) is 3.17. The first-order chi connectivity index (χ1) is 13.7. The van der Waals surface area contributed by atoms with Gasteiger partial charge in [-0.15, -0.1) is 0 Å². The van der Waals surface area contributed by atoms with Crippen LogP contribution in [0.3, 0.4) is 0 Å². The van der Waals surface area contributed by atoms with E-state index in [0.717, 1.165) is 36.0 Å². The molecule has 0 aromatic heterocycles. The highest BCUT2D eigenvalue weighted by Crippen LogP contribution is 2.50. The van der Waals surface area contributed by atoms with Gasteiger partial charge in [0, 0.05) is 36.9 Å². The first-order valence-electron chi connectivity index (χ1n) is 7.94. The number of nitro groups is 2. The number of thioether (sulfide) groups is 1. The maximum absolute atomic E-state index is 13.0. The number of hydrogen-bond acceptors (Lipinski definition) is 10. The Morgan fingerprint density at radius 1 is 0.931 bits per heavy atom. The number of phosphoric ester groups is 1. The Morgan fingerprint density at radius 3 is 1.69 bits per heavy atom. The Balaban J connectivity index is 2.17. The molecule has 13 heteroatoms. The minimum absolute atomic E-state index is 0.0138. The highest BCUT2D eigenvalue weighted by atomic mass is 32.2. The molecule has 0 unspecified atom stereocenters. The third-order valence-corrected chi connectivity index (χ3v) is 5.31. The minimum atomic E-state index is -4.27. The van der Waals surface area contributed by atoms with Crippen molar-refractivity contribution >= 4 is 36.1 Å². The molecule has 0 N–H and O–H groups in total. The largest absolute Gasteiger partial charge is 0.587 e. The summed E-state index contributed by atoms with van der Waals surface area (Å²) in [5.41, 5.74) is -0.385. The minimum Gasteiger partial charge on any atom is -0.395 e. The summed E-state index contributed by atoms with van der Waals surface area (Å²) in [7, 11) is -4.27. The summed E-state index contributed by atoms with van der Waals surface area (Å²) in [6.45, 7) is 1.21. The Morgan fingerprint density at radius 2 is 1.34 bits per heavy atom. The van der Waals surface area contributed by atoms with Crippen LogP contribution in [0.1, 0.15) is 6.92 Å². The summed E-state index contributed by atoms with van der Waals surface area (Å²) in [6, 6.07) is 9.48. The normalized spacial score (nSPS) is 10.9. The second-order valence-corrected chi connectivity index (χ2v) is 8.09. The maximum atomic E-state index is 13.0. The number of nitro benzene ring substituents is 2. The summed E-state index contributed by atoms with van der Waals surface area (Å²) < 4.78 is 28.8. The average molecular weight is 442 g/mol. The van der Waals surface area contributed by atoms with E-state index in [1.54, 1.807) is 0 Å². The van der Waals surface area contributed by atoms with Crippen molar-refractivity contribution < 1.29 is 32.8 Å². The molecule has 0 radical (unpaired) electrons. The number of benzene rings is 2. The van der Waals surface area contributed by atoms with Crippen molar-refractivity contribution in [3.63, 3.8) is 0 Å². The molecule has 0 heterocycles. The lowest BCUT2D eigenvalue weighted by Gasteiger charge is -2.18. The van der Waals surface area contributed by atoms with Crippen LogP contribution in [-0.2, 0) is 13.9 Å². The molecule has 2 rings (SSSR count). The first-order valence-corrected chi connectivity index (χ1v) is 10.4. The molecule has 0 atom stereocenters. The smallest absolute Gasteiger partial charge is 0.395 e. The van der Waals surface area contributed by atoms with Crippen LogP contribution in [0.15, 0.2) is 48.5 Å². The van der Waals surface area contributed by atoms with E-state index in [2.05, 4.69) is 0 Å². The fraction of sp³-hybridized carbons (Fsp3) is 0.188. The number of carbonyl (C=O) groups is 1. The van der Waals surface area contributed by atoms with E-state index in [0.29, 0.717) is 0 Å². The van der Waals surface area contributed by atoms with Crippen molar-refractivity contribution in [3.8, 4) is 11.5 Å². The van der Waals surface area contributed by atoms with Crippen molar-refractivity contribution in [1.82, 2.24) is 0 Å². The molecule has 0 aliphatic rings. The Labute approximate surface area is 168 Å². The van der Waals surface area contributed by atoms with Gasteiger partial charge < -0.3 is 9.05 Å². The van der Waals surface area contributed by atoms with Crippen LogP contribution in [0, 0.1) is 20.2 Å². The monoisotopic (exact) mass is 442 g/mol. The lowest BCUT2D eigenvalue weighted by molar-refractivity contribution is -0.385. The van der Waals surface area contributed by atoms with Crippen LogP contribution >= 0.6 is 19.6 Å². The van der Waals surface area contributed by atoms with Crippen LogP contribution in [-0.4, -0.2) is 27.3 Å². The van der Waals surface area contributed by atoms with Crippen LogP contribution in [0.25, 0.3) is 0 Å². The standard InChI is InChI=1S/C16H15N2O9PS/c1-12(19)29-11-10-25-28(24,26-15-6-2-13(3-7-15)17(20)21)27-16-8-4-14(5-9-16)18(22)23/h2-9H,10-11H2,1H3. The van der Waals surface area contributed by atoms with E-state index in [4.69, 9.17) is 13.6 Å². The quantitative estimate of drug-likeness (QED) is 0.225. The average Bonchev–Trinajstić information content (AvgIpc) is 2.66. The summed E-state index contributed by atoms with van der Waals surface area (Å²) in [4.78, 5) is 31.2. The van der Waals surface area contributed by atoms with E-state index in [1.807, 2.05) is 0 Å². The molecule has 0 fully saturated rings. The fourth-order valence-electron chi connectivity index (χ4n) is 1.92. The van der Waals surface area contributed by atoms with Crippen LogP contribution in [0.4, 0.5) is 11.4 Å². The second kappa shape index (κ2) is 10.0. The molecule has 0 aliphatic heterocycles. The number of nitrogens with zero attached hydrogens (tertiary/aromatic N) is 2. The van der Waals surface area contributed by atoms with E-state index < -0.39 is 17.7 Å². The van der Waals surface area contributed by atoms with E-state index in [-0.39, 0.29) is 40.3 Å². The molecule has 2 aromatic carbocycles. The third kappa shape index (κ3) is 7.18. The molecule has 154 valence electrons. The van der Waals surface area contributed by atoms with Crippen molar-refractivity contribution in [2.24, 2.45) is 0 Å². The van der Waals surface area contributed by atoms with Gasteiger partial charge in [0.25, 0.3) is 11.4 Å². The van der Waals surface area contributed by atoms with E-state index in [9.17, 15) is 29.6 Å². The van der Waals surface area contributed by atoms with Gasteiger partial charge in [-0.05, 0) is 24.3 Å². The van der Waals surface area contributed by atoms with E-state index in [1.165, 1.54) is 31.2 Å². The van der Waals surface area contributed by atoms with Gasteiger partial charge in [0.2, 0.25) is 0 Å². The molecule has 0 saturated carbocycles. The van der Waals surface area contributed by atoms with Crippen molar-refractivity contribution in [1.29, 1.82) is 0 Å². The zero-order valence-corrected chi connectivity index (χ0v) is 16.7. The molecule has 0 aliphatic carbocycles. The molecule has 29 heavy (non-hydrogen) atoms. The predicted molar refractivity (Wildman–Crippen MR) is 104 cm³/mol. The predicted octanol–water partition coefficient (Wildman–Crippen LogP) is 4.37. The zero-order valence-electron chi connectivity index (χ0n) is 15.0. The van der Waals surface area contributed by atoms with E-state index >= 15 is 0 Å². The van der Waals surface area contributed by atoms with Crippen LogP contribution in [0.5, 0.6) is 11.5 Å². The lowest BCUT2D eigenvalue weighted by atomic mass is 10.3. The topological polar surface area (TPSA) is 148 Å². The Bertz CT molecular complexity index is 871. The maximum Gasteiger partial charge on any atom is 0.587 e. The van der Waals surface area contributed by atoms with Gasteiger partial charge in [0.15, 0.2) is 5.12 Å². The number of rotatable bonds is 10. The van der Waals surface area contributed by atoms with Gasteiger partial charge in [-0.1, -0.05) is 11.8 Å². The van der Waals surface area contributed by atoms with Gasteiger partial charge in [0.1, 0.15) is 11.5 Å². The van der Waals surface area contributed by atoms with Crippen LogP contribution < -0.4 is 9.05 Å². The van der Waals surface area contributed by atoms with Gasteiger partial charge >= 0.3 is 7.82 Å². The molecule has 2 aromatic rings. The number of non-ortho nitro benzene ring substituents is 2. The summed E-state index contributed by atoms with van der Waals surface area (Å²) in [6.07, 6.45) is 0. The molecular weight excluding hydrogens is 427 g/mol. The van der Waals surface area contributed by atoms with Gasteiger partial charge in [-0.2, -0.15) is 0 Å². The van der Waals surface area contributed by atoms with Crippen molar-refractivity contribution in [2.45, 2.75) is 6.92 Å². The molecule has 0 bridgehead atoms. The Kier molecular flexibility index (Phi) is 7.71. The lowest BCUT2D eigenvalue weighted by Crippen LogP contribution is -2.08. The first kappa shape index (κ1) is 22.3. The molecule has 0 saturated heterocycles. The highest BCUT2D eigenvalue weighted by Gasteiger charge is 2.31. The van der Waals surface area contributed by atoms with Crippen molar-refractivity contribution in [2.75, 3.05) is 12.4 Å². The molecule has 11 nitrogen and oxygen atoms in total. The Hall–Kier alpha value is -2.95. The van der Waals surface area contributed by atoms with Crippen molar-refractivity contribution in [3.05, 3.63) is 68.8 Å². The fourth-order valence-corrected chi connectivity index (χ4v) is 3.72. The summed E-state index contributed by atoms with van der Waals surface area (Å²) in [5.74, 6) is 0.159. The molecule has 0 spiro atoms. The number of carbonyl (C=O) groups excluding carboxylic acids is 1. The SMILES string of the molecule is CC(=O)SCCOP(=O)(Oc1ccc([N+](=O)[O-])cc1)Oc1ccc([N+](=O)[O-])cc1. The number of hydrogen-bond donors (Lipinski definition) is 0. The van der Waals surface area contributed by atoms with Gasteiger partial charge in [-0.25, -0.2) is 4.57 Å². The van der Waals surface area contributed by atoms with Crippen LogP contribution in [0.2, 0.25) is 0 Å². The molecule has 0 amide bonds. The molecular formula is C16H15N2O9PS. The second-order valence-electron chi connectivity index (χ2n) is 5.31. The zero-order chi connectivity index (χ0) is 21.4. The van der Waals surface area contributed by atoms with Gasteiger partial charge in [0.05, 0.1) is 16.5 Å². The summed E-state index contributed by atoms with van der Waals surface area (Å²) >= 11 is 0.949.